The first-order chi connectivity index (χ1) is 9.33. The van der Waals surface area contributed by atoms with Crippen LogP contribution in [0.1, 0.15) is 37.3 Å². The summed E-state index contributed by atoms with van der Waals surface area (Å²) in [5.74, 6) is 6.69. The molecule has 0 aromatic heterocycles. The molecular weight excluding hydrogens is 234 g/mol. The van der Waals surface area contributed by atoms with Gasteiger partial charge in [-0.25, -0.2) is 0 Å². The third-order valence-corrected chi connectivity index (χ3v) is 3.90. The summed E-state index contributed by atoms with van der Waals surface area (Å²) in [6, 6.07) is 8.25. The molecule has 0 bridgehead atoms. The molecule has 1 aromatic carbocycles. The zero-order valence-corrected chi connectivity index (χ0v) is 11.7. The predicted octanol–water partition coefficient (Wildman–Crippen LogP) is 2.65. The highest BCUT2D eigenvalue weighted by atomic mass is 16.2. The van der Waals surface area contributed by atoms with E-state index in [0.29, 0.717) is 0 Å². The summed E-state index contributed by atoms with van der Waals surface area (Å²) < 4.78 is 0. The summed E-state index contributed by atoms with van der Waals surface area (Å²) in [6.07, 6.45) is 4.19. The highest BCUT2D eigenvalue weighted by Gasteiger charge is 2.20. The van der Waals surface area contributed by atoms with E-state index in [1.54, 1.807) is 0 Å². The van der Waals surface area contributed by atoms with Crippen LogP contribution in [0.5, 0.6) is 0 Å². The molecule has 2 nitrogen and oxygen atoms in total. The third-order valence-electron chi connectivity index (χ3n) is 3.90. The molecule has 0 saturated heterocycles. The van der Waals surface area contributed by atoms with Crippen molar-refractivity contribution in [1.82, 2.24) is 4.90 Å². The van der Waals surface area contributed by atoms with Gasteiger partial charge in [-0.05, 0) is 36.9 Å². The third kappa shape index (κ3) is 4.09. The van der Waals surface area contributed by atoms with Crippen LogP contribution in [-0.2, 0) is 6.54 Å². The maximum absolute atomic E-state index is 8.82. The molecule has 0 heterocycles. The Balaban J connectivity index is 2.03. The summed E-state index contributed by atoms with van der Waals surface area (Å²) in [5, 5.41) is 8.82. The van der Waals surface area contributed by atoms with E-state index < -0.39 is 0 Å². The second kappa shape index (κ2) is 7.33. The normalized spacial score (nSPS) is 14.9. The first kappa shape index (κ1) is 14.1. The zero-order chi connectivity index (χ0) is 13.5. The van der Waals surface area contributed by atoms with Gasteiger partial charge in [-0.2, -0.15) is 0 Å². The second-order valence-corrected chi connectivity index (χ2v) is 5.24. The lowest BCUT2D eigenvalue weighted by molar-refractivity contribution is 0.178. The molecule has 0 unspecified atom stereocenters. The van der Waals surface area contributed by atoms with Crippen molar-refractivity contribution >= 4 is 0 Å². The van der Waals surface area contributed by atoms with Gasteiger partial charge < -0.3 is 5.11 Å². The average Bonchev–Trinajstić information content (AvgIpc) is 2.40. The first-order valence-electron chi connectivity index (χ1n) is 7.23. The van der Waals surface area contributed by atoms with E-state index in [9.17, 15) is 0 Å². The maximum atomic E-state index is 8.82. The Morgan fingerprint density at radius 2 is 2.11 bits per heavy atom. The summed E-state index contributed by atoms with van der Waals surface area (Å²) in [7, 11) is 0. The summed E-state index contributed by atoms with van der Waals surface area (Å²) in [6.45, 7) is 5.40. The number of benzene rings is 1. The molecule has 1 aliphatic carbocycles. The molecule has 0 aliphatic heterocycles. The van der Waals surface area contributed by atoms with Gasteiger partial charge in [-0.3, -0.25) is 4.90 Å². The molecular formula is C17H23NO. The van der Waals surface area contributed by atoms with E-state index in [-0.39, 0.29) is 6.61 Å². The van der Waals surface area contributed by atoms with Crippen LogP contribution in [0.2, 0.25) is 0 Å². The average molecular weight is 257 g/mol. The minimum Gasteiger partial charge on any atom is -0.384 e. The van der Waals surface area contributed by atoms with Gasteiger partial charge in [-0.1, -0.05) is 43.4 Å². The molecule has 0 spiro atoms. The van der Waals surface area contributed by atoms with Crippen molar-refractivity contribution < 1.29 is 5.11 Å². The number of nitrogens with zero attached hydrogens (tertiary/aromatic N) is 1. The van der Waals surface area contributed by atoms with Gasteiger partial charge in [0.15, 0.2) is 0 Å². The van der Waals surface area contributed by atoms with Crippen molar-refractivity contribution in [3.63, 3.8) is 0 Å². The van der Waals surface area contributed by atoms with Crippen LogP contribution < -0.4 is 0 Å². The number of hydrogen-bond acceptors (Lipinski definition) is 2. The number of hydrogen-bond donors (Lipinski definition) is 1. The van der Waals surface area contributed by atoms with E-state index in [1.165, 1.54) is 31.4 Å². The van der Waals surface area contributed by atoms with Crippen LogP contribution in [0.3, 0.4) is 0 Å². The molecule has 1 aliphatic rings. The van der Waals surface area contributed by atoms with Gasteiger partial charge in [0.05, 0.1) is 0 Å². The summed E-state index contributed by atoms with van der Waals surface area (Å²) in [5.41, 5.74) is 2.31. The molecule has 1 fully saturated rings. The minimum absolute atomic E-state index is 0.0755. The highest BCUT2D eigenvalue weighted by molar-refractivity contribution is 5.41. The van der Waals surface area contributed by atoms with Gasteiger partial charge in [0, 0.05) is 18.7 Å². The fourth-order valence-corrected chi connectivity index (χ4v) is 2.50. The van der Waals surface area contributed by atoms with E-state index in [2.05, 4.69) is 35.8 Å². The van der Waals surface area contributed by atoms with E-state index >= 15 is 0 Å². The van der Waals surface area contributed by atoms with Crippen LogP contribution in [0, 0.1) is 17.8 Å². The molecule has 102 valence electrons. The first-order valence-corrected chi connectivity index (χ1v) is 7.23. The maximum Gasteiger partial charge on any atom is 0.104 e. The van der Waals surface area contributed by atoms with Crippen molar-refractivity contribution in [2.75, 3.05) is 19.7 Å². The fourth-order valence-electron chi connectivity index (χ4n) is 2.50. The summed E-state index contributed by atoms with van der Waals surface area (Å²) in [4.78, 5) is 2.50. The Labute approximate surface area is 116 Å². The standard InChI is InChI=1S/C17H23NO/c1-2-18(13-15-7-5-8-15)14-17-10-4-3-9-16(17)11-6-12-19/h3-4,9-10,15,19H,2,5,7-8,12-14H2,1H3. The number of aliphatic hydroxyl groups excluding tert-OH is 1. The Morgan fingerprint density at radius 1 is 1.32 bits per heavy atom. The number of aliphatic hydroxyl groups is 1. The Kier molecular flexibility index (Phi) is 5.44. The van der Waals surface area contributed by atoms with Gasteiger partial charge in [0.25, 0.3) is 0 Å². The van der Waals surface area contributed by atoms with Gasteiger partial charge >= 0.3 is 0 Å². The second-order valence-electron chi connectivity index (χ2n) is 5.24. The molecule has 0 atom stereocenters. The van der Waals surface area contributed by atoms with Crippen molar-refractivity contribution in [2.24, 2.45) is 5.92 Å². The van der Waals surface area contributed by atoms with Crippen LogP contribution >= 0.6 is 0 Å². The molecule has 1 saturated carbocycles. The monoisotopic (exact) mass is 257 g/mol. The van der Waals surface area contributed by atoms with E-state index in [0.717, 1.165) is 24.6 Å². The van der Waals surface area contributed by atoms with E-state index in [4.69, 9.17) is 5.11 Å². The van der Waals surface area contributed by atoms with E-state index in [1.807, 2.05) is 12.1 Å². The van der Waals surface area contributed by atoms with Crippen molar-refractivity contribution in [2.45, 2.75) is 32.7 Å². The SMILES string of the molecule is CCN(Cc1ccccc1C#CCO)CC1CCC1. The molecule has 2 rings (SSSR count). The number of rotatable bonds is 5. The smallest absolute Gasteiger partial charge is 0.104 e. The predicted molar refractivity (Wildman–Crippen MR) is 78.7 cm³/mol. The quantitative estimate of drug-likeness (QED) is 0.820. The van der Waals surface area contributed by atoms with Crippen LogP contribution in [0.25, 0.3) is 0 Å². The van der Waals surface area contributed by atoms with Crippen LogP contribution in [0.15, 0.2) is 24.3 Å². The van der Waals surface area contributed by atoms with Gasteiger partial charge in [0.1, 0.15) is 6.61 Å². The molecule has 1 N–H and O–H groups in total. The Hall–Kier alpha value is -1.30. The van der Waals surface area contributed by atoms with Crippen LogP contribution in [0.4, 0.5) is 0 Å². The zero-order valence-electron chi connectivity index (χ0n) is 11.7. The van der Waals surface area contributed by atoms with Crippen molar-refractivity contribution in [3.8, 4) is 11.8 Å². The molecule has 0 radical (unpaired) electrons. The lowest BCUT2D eigenvalue weighted by Gasteiger charge is -2.32. The molecule has 2 heteroatoms. The molecule has 1 aromatic rings. The lowest BCUT2D eigenvalue weighted by atomic mass is 9.85. The lowest BCUT2D eigenvalue weighted by Crippen LogP contribution is -2.32. The summed E-state index contributed by atoms with van der Waals surface area (Å²) >= 11 is 0. The van der Waals surface area contributed by atoms with Crippen molar-refractivity contribution in [1.29, 1.82) is 0 Å². The Bertz CT molecular complexity index is 454. The van der Waals surface area contributed by atoms with Crippen LogP contribution in [-0.4, -0.2) is 29.7 Å². The molecule has 0 amide bonds. The Morgan fingerprint density at radius 3 is 2.74 bits per heavy atom. The van der Waals surface area contributed by atoms with Gasteiger partial charge in [0.2, 0.25) is 0 Å². The minimum atomic E-state index is -0.0755. The van der Waals surface area contributed by atoms with Gasteiger partial charge in [-0.15, -0.1) is 0 Å². The largest absolute Gasteiger partial charge is 0.384 e. The van der Waals surface area contributed by atoms with Crippen molar-refractivity contribution in [3.05, 3.63) is 35.4 Å². The topological polar surface area (TPSA) is 23.5 Å². The molecule has 19 heavy (non-hydrogen) atoms. The highest BCUT2D eigenvalue weighted by Crippen LogP contribution is 2.27. The fraction of sp³-hybridized carbons (Fsp3) is 0.529.